The van der Waals surface area contributed by atoms with E-state index in [1.807, 2.05) is 4.90 Å². The van der Waals surface area contributed by atoms with E-state index in [4.69, 9.17) is 11.6 Å². The van der Waals surface area contributed by atoms with Crippen molar-refractivity contribution in [3.8, 4) is 0 Å². The molecule has 0 bridgehead atoms. The van der Waals surface area contributed by atoms with Gasteiger partial charge in [0.25, 0.3) is 0 Å². The van der Waals surface area contributed by atoms with Gasteiger partial charge in [0.15, 0.2) is 0 Å². The van der Waals surface area contributed by atoms with Gasteiger partial charge in [-0.1, -0.05) is 0 Å². The van der Waals surface area contributed by atoms with Crippen molar-refractivity contribution in [1.29, 1.82) is 0 Å². The van der Waals surface area contributed by atoms with Crippen molar-refractivity contribution in [1.82, 2.24) is 19.9 Å². The molecule has 0 atom stereocenters. The monoisotopic (exact) mass is 270 g/mol. The Bertz CT molecular complexity index is 446. The second-order valence-corrected chi connectivity index (χ2v) is 4.31. The molecule has 0 spiro atoms. The second kappa shape index (κ2) is 5.34. The summed E-state index contributed by atoms with van der Waals surface area (Å²) in [5.41, 5.74) is 0. The topological polar surface area (TPSA) is 74.2 Å². The molecule has 98 valence electrons. The Balaban J connectivity index is 2.09. The number of carbonyl (C=O) groups excluding carboxylic acids is 1. The zero-order valence-corrected chi connectivity index (χ0v) is 11.1. The van der Waals surface area contributed by atoms with E-state index in [0.29, 0.717) is 38.1 Å². The molecule has 18 heavy (non-hydrogen) atoms. The Labute approximate surface area is 110 Å². The average molecular weight is 271 g/mol. The summed E-state index contributed by atoms with van der Waals surface area (Å²) in [7, 11) is 1.73. The Hall–Kier alpha value is -1.63. The van der Waals surface area contributed by atoms with Crippen LogP contribution in [0.3, 0.4) is 0 Å². The summed E-state index contributed by atoms with van der Waals surface area (Å²) in [4.78, 5) is 27.3. The first-order valence-corrected chi connectivity index (χ1v) is 6.07. The summed E-state index contributed by atoms with van der Waals surface area (Å²) in [6.45, 7) is 4.32. The van der Waals surface area contributed by atoms with Gasteiger partial charge in [-0.2, -0.15) is 15.0 Å². The molecule has 1 aliphatic rings. The van der Waals surface area contributed by atoms with Crippen molar-refractivity contribution >= 4 is 29.4 Å². The Kier molecular flexibility index (Phi) is 3.81. The minimum absolute atomic E-state index is 0.0965. The Morgan fingerprint density at radius 3 is 2.44 bits per heavy atom. The highest BCUT2D eigenvalue weighted by Crippen LogP contribution is 2.15. The highest BCUT2D eigenvalue weighted by molar-refractivity contribution is 6.28. The molecule has 1 aromatic rings. The van der Waals surface area contributed by atoms with Crippen LogP contribution in [0.25, 0.3) is 0 Å². The fourth-order valence-electron chi connectivity index (χ4n) is 1.81. The minimum Gasteiger partial charge on any atom is -0.357 e. The highest BCUT2D eigenvalue weighted by atomic mass is 35.5. The van der Waals surface area contributed by atoms with Gasteiger partial charge in [0.1, 0.15) is 0 Å². The standard InChI is InChI=1S/C10H15ClN6O/c1-7(18)16-3-5-17(6-4-16)10-14-8(11)13-9(12-2)15-10/h3-6H2,1-2H3,(H,12,13,14,15). The molecule has 1 aromatic heterocycles. The number of carbonyl (C=O) groups is 1. The molecule has 0 unspecified atom stereocenters. The molecule has 2 heterocycles. The molecular formula is C10H15ClN6O. The maximum Gasteiger partial charge on any atom is 0.231 e. The minimum atomic E-state index is 0.0965. The summed E-state index contributed by atoms with van der Waals surface area (Å²) in [6.07, 6.45) is 0. The first-order chi connectivity index (χ1) is 8.60. The maximum absolute atomic E-state index is 11.2. The van der Waals surface area contributed by atoms with E-state index in [1.54, 1.807) is 18.9 Å². The fraction of sp³-hybridized carbons (Fsp3) is 0.600. The molecule has 1 aliphatic heterocycles. The first-order valence-electron chi connectivity index (χ1n) is 5.70. The molecule has 0 aromatic carbocycles. The Morgan fingerprint density at radius 2 is 1.89 bits per heavy atom. The Morgan fingerprint density at radius 1 is 1.22 bits per heavy atom. The van der Waals surface area contributed by atoms with Crippen LogP contribution in [0, 0.1) is 0 Å². The van der Waals surface area contributed by atoms with E-state index in [-0.39, 0.29) is 11.2 Å². The number of hydrogen-bond donors (Lipinski definition) is 1. The number of halogens is 1. The number of rotatable bonds is 2. The lowest BCUT2D eigenvalue weighted by atomic mass is 10.3. The fourth-order valence-corrected chi connectivity index (χ4v) is 1.97. The molecule has 0 saturated carbocycles. The van der Waals surface area contributed by atoms with Gasteiger partial charge in [0, 0.05) is 40.2 Å². The number of amides is 1. The van der Waals surface area contributed by atoms with E-state index in [2.05, 4.69) is 20.3 Å². The smallest absolute Gasteiger partial charge is 0.231 e. The summed E-state index contributed by atoms with van der Waals surface area (Å²) in [5.74, 6) is 1.08. The largest absolute Gasteiger partial charge is 0.357 e. The van der Waals surface area contributed by atoms with Crippen LogP contribution >= 0.6 is 11.6 Å². The van der Waals surface area contributed by atoms with Crippen molar-refractivity contribution in [3.63, 3.8) is 0 Å². The predicted molar refractivity (Wildman–Crippen MR) is 68.9 cm³/mol. The molecule has 1 fully saturated rings. The highest BCUT2D eigenvalue weighted by Gasteiger charge is 2.21. The van der Waals surface area contributed by atoms with Gasteiger partial charge >= 0.3 is 0 Å². The lowest BCUT2D eigenvalue weighted by Gasteiger charge is -2.34. The van der Waals surface area contributed by atoms with E-state index in [0.717, 1.165) is 0 Å². The molecule has 1 saturated heterocycles. The number of piperazine rings is 1. The van der Waals surface area contributed by atoms with Gasteiger partial charge in [0.2, 0.25) is 23.1 Å². The first kappa shape index (κ1) is 12.8. The van der Waals surface area contributed by atoms with E-state index in [9.17, 15) is 4.79 Å². The third kappa shape index (κ3) is 2.79. The van der Waals surface area contributed by atoms with Crippen LogP contribution < -0.4 is 10.2 Å². The van der Waals surface area contributed by atoms with Crippen molar-refractivity contribution in [2.75, 3.05) is 43.4 Å². The third-order valence-electron chi connectivity index (χ3n) is 2.83. The number of hydrogen-bond acceptors (Lipinski definition) is 6. The predicted octanol–water partition coefficient (Wildman–Crippen LogP) is 0.235. The van der Waals surface area contributed by atoms with Crippen LogP contribution in [0.1, 0.15) is 6.92 Å². The van der Waals surface area contributed by atoms with Crippen molar-refractivity contribution in [2.45, 2.75) is 6.92 Å². The second-order valence-electron chi connectivity index (χ2n) is 3.97. The molecule has 1 N–H and O–H groups in total. The van der Waals surface area contributed by atoms with Gasteiger partial charge < -0.3 is 15.1 Å². The number of nitrogens with zero attached hydrogens (tertiary/aromatic N) is 5. The normalized spacial score (nSPS) is 15.7. The molecule has 2 rings (SSSR count). The van der Waals surface area contributed by atoms with Crippen molar-refractivity contribution in [3.05, 3.63) is 5.28 Å². The van der Waals surface area contributed by atoms with Gasteiger partial charge in [0.05, 0.1) is 0 Å². The van der Waals surface area contributed by atoms with Crippen LogP contribution in [-0.2, 0) is 4.79 Å². The lowest BCUT2D eigenvalue weighted by molar-refractivity contribution is -0.129. The van der Waals surface area contributed by atoms with Crippen LogP contribution in [0.4, 0.5) is 11.9 Å². The van der Waals surface area contributed by atoms with Crippen LogP contribution in [0.2, 0.25) is 5.28 Å². The average Bonchev–Trinajstić information content (AvgIpc) is 2.38. The summed E-state index contributed by atoms with van der Waals surface area (Å²) >= 11 is 5.83. The zero-order chi connectivity index (χ0) is 13.1. The molecule has 0 aliphatic carbocycles. The van der Waals surface area contributed by atoms with E-state index >= 15 is 0 Å². The maximum atomic E-state index is 11.2. The van der Waals surface area contributed by atoms with Crippen LogP contribution in [-0.4, -0.2) is 59.0 Å². The summed E-state index contributed by atoms with van der Waals surface area (Å²) < 4.78 is 0. The molecule has 8 heteroatoms. The van der Waals surface area contributed by atoms with Crippen molar-refractivity contribution in [2.24, 2.45) is 0 Å². The van der Waals surface area contributed by atoms with Gasteiger partial charge in [-0.25, -0.2) is 0 Å². The molecule has 0 radical (unpaired) electrons. The lowest BCUT2D eigenvalue weighted by Crippen LogP contribution is -2.48. The zero-order valence-electron chi connectivity index (χ0n) is 10.4. The number of aromatic nitrogens is 3. The van der Waals surface area contributed by atoms with E-state index in [1.165, 1.54) is 0 Å². The van der Waals surface area contributed by atoms with Gasteiger partial charge in [-0.15, -0.1) is 0 Å². The number of nitrogens with one attached hydrogen (secondary N) is 1. The van der Waals surface area contributed by atoms with Gasteiger partial charge in [-0.05, 0) is 11.6 Å². The third-order valence-corrected chi connectivity index (χ3v) is 3.00. The van der Waals surface area contributed by atoms with Crippen LogP contribution in [0.15, 0.2) is 0 Å². The quantitative estimate of drug-likeness (QED) is 0.830. The van der Waals surface area contributed by atoms with Crippen molar-refractivity contribution < 1.29 is 4.79 Å². The summed E-state index contributed by atoms with van der Waals surface area (Å²) in [6, 6.07) is 0. The molecule has 7 nitrogen and oxygen atoms in total. The number of anilines is 2. The van der Waals surface area contributed by atoms with E-state index < -0.39 is 0 Å². The molecule has 1 amide bonds. The van der Waals surface area contributed by atoms with Gasteiger partial charge in [-0.3, -0.25) is 4.79 Å². The molecular weight excluding hydrogens is 256 g/mol. The SMILES string of the molecule is CNc1nc(Cl)nc(N2CCN(C(C)=O)CC2)n1. The summed E-state index contributed by atoms with van der Waals surface area (Å²) in [5, 5.41) is 3.00. The van der Waals surface area contributed by atoms with Crippen LogP contribution in [0.5, 0.6) is 0 Å².